The zero-order valence-electron chi connectivity index (χ0n) is 19.9. The van der Waals surface area contributed by atoms with Crippen LogP contribution in [0.3, 0.4) is 0 Å². The number of alkyl halides is 3. The van der Waals surface area contributed by atoms with Crippen LogP contribution in [0.1, 0.15) is 54.6 Å². The van der Waals surface area contributed by atoms with Crippen molar-refractivity contribution in [2.45, 2.75) is 44.7 Å². The zero-order valence-corrected chi connectivity index (χ0v) is 19.9. The van der Waals surface area contributed by atoms with Gasteiger partial charge < -0.3 is 15.5 Å². The van der Waals surface area contributed by atoms with Crippen LogP contribution in [0.2, 0.25) is 0 Å². The van der Waals surface area contributed by atoms with Gasteiger partial charge in [-0.05, 0) is 50.7 Å². The summed E-state index contributed by atoms with van der Waals surface area (Å²) in [5, 5.41) is 8.74. The highest BCUT2D eigenvalue weighted by molar-refractivity contribution is 5.95. The zero-order chi connectivity index (χ0) is 25.7. The van der Waals surface area contributed by atoms with Crippen LogP contribution in [0.15, 0.2) is 36.5 Å². The molecule has 1 aromatic heterocycles. The molecule has 0 spiro atoms. The predicted octanol–water partition coefficient (Wildman–Crippen LogP) is 3.17. The van der Waals surface area contributed by atoms with Crippen LogP contribution in [0, 0.1) is 11.8 Å². The molecule has 0 unspecified atom stereocenters. The lowest BCUT2D eigenvalue weighted by atomic mass is 9.81. The summed E-state index contributed by atoms with van der Waals surface area (Å²) < 4.78 is 41.4. The molecular formula is C25H30F3N5O3. The molecule has 0 radical (unpaired) electrons. The number of halogens is 3. The average molecular weight is 506 g/mol. The van der Waals surface area contributed by atoms with Gasteiger partial charge in [-0.3, -0.25) is 14.4 Å². The number of amides is 3. The first-order valence-corrected chi connectivity index (χ1v) is 12.3. The molecule has 0 bridgehead atoms. The number of nitrogens with one attached hydrogen (secondary N) is 2. The number of likely N-dealkylation sites (tertiary alicyclic amines) is 1. The Kier molecular flexibility index (Phi) is 7.95. The second-order valence-electron chi connectivity index (χ2n) is 9.30. The van der Waals surface area contributed by atoms with E-state index in [0.717, 1.165) is 36.8 Å². The molecule has 194 valence electrons. The van der Waals surface area contributed by atoms with Crippen molar-refractivity contribution < 1.29 is 27.6 Å². The van der Waals surface area contributed by atoms with E-state index in [4.69, 9.17) is 0 Å². The third-order valence-corrected chi connectivity index (χ3v) is 6.82. The summed E-state index contributed by atoms with van der Waals surface area (Å²) in [5.74, 6) is -1.11. The maximum Gasteiger partial charge on any atom is 0.435 e. The van der Waals surface area contributed by atoms with E-state index in [1.807, 2.05) is 4.90 Å². The standard InChI is InChI=1S/C25H30F3N5O3/c26-25(27,28)21-20(16-33(31-21)19-6-2-1-3-7-19)23(35)30-13-12-29-22(34)17-8-10-18(11-9-17)24(36)32-14-4-5-15-32/h1-3,6-7,16-18H,4-5,8-15H2,(H,29,34)(H,30,35)/t17-,18-. The Balaban J connectivity index is 1.24. The van der Waals surface area contributed by atoms with Crippen molar-refractivity contribution in [3.8, 4) is 5.69 Å². The molecule has 36 heavy (non-hydrogen) atoms. The Morgan fingerprint density at radius 2 is 1.53 bits per heavy atom. The molecule has 1 aliphatic carbocycles. The Morgan fingerprint density at radius 3 is 2.17 bits per heavy atom. The third kappa shape index (κ3) is 6.06. The molecule has 2 aromatic rings. The average Bonchev–Trinajstić information content (AvgIpc) is 3.57. The molecule has 2 N–H and O–H groups in total. The van der Waals surface area contributed by atoms with Crippen molar-refractivity contribution in [3.05, 3.63) is 47.8 Å². The van der Waals surface area contributed by atoms with E-state index in [0.29, 0.717) is 31.4 Å². The fraction of sp³-hybridized carbons (Fsp3) is 0.520. The summed E-state index contributed by atoms with van der Waals surface area (Å²) in [5.41, 5.74) is -1.46. The van der Waals surface area contributed by atoms with E-state index in [1.54, 1.807) is 30.3 Å². The lowest BCUT2D eigenvalue weighted by molar-refractivity contribution is -0.141. The van der Waals surface area contributed by atoms with Crippen LogP contribution < -0.4 is 10.6 Å². The molecule has 8 nitrogen and oxygen atoms in total. The molecule has 2 heterocycles. The number of rotatable bonds is 7. The second-order valence-corrected chi connectivity index (χ2v) is 9.30. The normalized spacial score (nSPS) is 20.2. The van der Waals surface area contributed by atoms with Gasteiger partial charge >= 0.3 is 6.18 Å². The molecule has 3 amide bonds. The maximum atomic E-state index is 13.5. The smallest absolute Gasteiger partial charge is 0.354 e. The fourth-order valence-electron chi connectivity index (χ4n) is 4.86. The van der Waals surface area contributed by atoms with Gasteiger partial charge in [0.25, 0.3) is 5.91 Å². The van der Waals surface area contributed by atoms with Gasteiger partial charge in [-0.1, -0.05) is 18.2 Å². The molecule has 2 fully saturated rings. The highest BCUT2D eigenvalue weighted by atomic mass is 19.4. The van der Waals surface area contributed by atoms with Gasteiger partial charge in [0, 0.05) is 44.2 Å². The molecule has 1 aliphatic heterocycles. The van der Waals surface area contributed by atoms with Crippen molar-refractivity contribution >= 4 is 17.7 Å². The first-order valence-electron chi connectivity index (χ1n) is 12.3. The largest absolute Gasteiger partial charge is 0.435 e. The van der Waals surface area contributed by atoms with E-state index in [9.17, 15) is 27.6 Å². The van der Waals surface area contributed by atoms with Gasteiger partial charge in [0.15, 0.2) is 5.69 Å². The Morgan fingerprint density at radius 1 is 0.917 bits per heavy atom. The van der Waals surface area contributed by atoms with Crippen LogP contribution >= 0.6 is 0 Å². The SMILES string of the molecule is O=C(NCCNC(=O)[C@H]1CC[C@H](C(=O)N2CCCC2)CC1)c1cn(-c2ccccc2)nc1C(F)(F)F. The number of carbonyl (C=O) groups excluding carboxylic acids is 3. The van der Waals surface area contributed by atoms with Crippen molar-refractivity contribution in [1.82, 2.24) is 25.3 Å². The quantitative estimate of drug-likeness (QED) is 0.565. The van der Waals surface area contributed by atoms with Crippen molar-refractivity contribution in [2.24, 2.45) is 11.8 Å². The Hall–Kier alpha value is -3.37. The number of nitrogens with zero attached hydrogens (tertiary/aromatic N) is 3. The van der Waals surface area contributed by atoms with Crippen molar-refractivity contribution in [3.63, 3.8) is 0 Å². The van der Waals surface area contributed by atoms with Gasteiger partial charge in [-0.15, -0.1) is 0 Å². The van der Waals surface area contributed by atoms with Crippen LogP contribution in [-0.2, 0) is 15.8 Å². The van der Waals surface area contributed by atoms with E-state index >= 15 is 0 Å². The first-order chi connectivity index (χ1) is 17.2. The molecule has 2 aliphatic rings. The van der Waals surface area contributed by atoms with E-state index in [1.165, 1.54) is 0 Å². The second kappa shape index (κ2) is 11.1. The summed E-state index contributed by atoms with van der Waals surface area (Å²) in [6.45, 7) is 1.71. The minimum Gasteiger partial charge on any atom is -0.354 e. The number of benzene rings is 1. The topological polar surface area (TPSA) is 96.3 Å². The van der Waals surface area contributed by atoms with Gasteiger partial charge in [0.1, 0.15) is 0 Å². The molecule has 1 saturated carbocycles. The van der Waals surface area contributed by atoms with Gasteiger partial charge in [-0.2, -0.15) is 18.3 Å². The number of carbonyl (C=O) groups is 3. The van der Waals surface area contributed by atoms with E-state index in [2.05, 4.69) is 15.7 Å². The summed E-state index contributed by atoms with van der Waals surface area (Å²) in [7, 11) is 0. The minimum absolute atomic E-state index is 0.0222. The molecule has 1 aromatic carbocycles. The number of hydrogen-bond acceptors (Lipinski definition) is 4. The van der Waals surface area contributed by atoms with Crippen molar-refractivity contribution in [2.75, 3.05) is 26.2 Å². The lowest BCUT2D eigenvalue weighted by Gasteiger charge is -2.29. The summed E-state index contributed by atoms with van der Waals surface area (Å²) >= 11 is 0. The van der Waals surface area contributed by atoms with Crippen molar-refractivity contribution in [1.29, 1.82) is 0 Å². The summed E-state index contributed by atoms with van der Waals surface area (Å²) in [6, 6.07) is 8.20. The van der Waals surface area contributed by atoms with Crippen LogP contribution in [-0.4, -0.2) is 58.6 Å². The molecule has 11 heteroatoms. The summed E-state index contributed by atoms with van der Waals surface area (Å²) in [6.07, 6.45) is 0.946. The Bertz CT molecular complexity index is 1070. The number of para-hydroxylation sites is 1. The maximum absolute atomic E-state index is 13.5. The number of hydrogen-bond donors (Lipinski definition) is 2. The van der Waals surface area contributed by atoms with Gasteiger partial charge in [-0.25, -0.2) is 4.68 Å². The van der Waals surface area contributed by atoms with Gasteiger partial charge in [0.05, 0.1) is 11.3 Å². The van der Waals surface area contributed by atoms with Crippen LogP contribution in [0.4, 0.5) is 13.2 Å². The van der Waals surface area contributed by atoms with E-state index < -0.39 is 23.3 Å². The van der Waals surface area contributed by atoms with E-state index in [-0.39, 0.29) is 36.7 Å². The Labute approximate surface area is 207 Å². The lowest BCUT2D eigenvalue weighted by Crippen LogP contribution is -2.40. The molecule has 1 saturated heterocycles. The fourth-order valence-corrected chi connectivity index (χ4v) is 4.86. The molecule has 0 atom stereocenters. The predicted molar refractivity (Wildman–Crippen MR) is 125 cm³/mol. The highest BCUT2D eigenvalue weighted by Crippen LogP contribution is 2.32. The molecule has 4 rings (SSSR count). The van der Waals surface area contributed by atoms with Crippen LogP contribution in [0.5, 0.6) is 0 Å². The minimum atomic E-state index is -4.80. The molecular weight excluding hydrogens is 475 g/mol. The van der Waals surface area contributed by atoms with Crippen LogP contribution in [0.25, 0.3) is 5.69 Å². The number of aromatic nitrogens is 2. The monoisotopic (exact) mass is 505 g/mol. The highest BCUT2D eigenvalue weighted by Gasteiger charge is 2.39. The first kappa shape index (κ1) is 25.7. The van der Waals surface area contributed by atoms with Gasteiger partial charge in [0.2, 0.25) is 11.8 Å². The third-order valence-electron chi connectivity index (χ3n) is 6.82. The summed E-state index contributed by atoms with van der Waals surface area (Å²) in [4.78, 5) is 39.5.